The van der Waals surface area contributed by atoms with Crippen LogP contribution in [-0.4, -0.2) is 256 Å². The van der Waals surface area contributed by atoms with Crippen LogP contribution < -0.4 is 16.0 Å². The molecule has 104 heavy (non-hydrogen) atoms. The second-order valence-corrected chi connectivity index (χ2v) is 30.9. The average molecular weight is 1480 g/mol. The van der Waals surface area contributed by atoms with Crippen molar-refractivity contribution in [2.75, 3.05) is 76.5 Å². The van der Waals surface area contributed by atoms with E-state index in [4.69, 9.17) is 11.6 Å². The van der Waals surface area contributed by atoms with E-state index in [1.807, 2.05) is 20.8 Å². The lowest BCUT2D eigenvalue weighted by Gasteiger charge is -2.45. The average Bonchev–Trinajstić information content (AvgIpc) is 1.07. The third kappa shape index (κ3) is 20.0. The summed E-state index contributed by atoms with van der Waals surface area (Å²) in [6.45, 7) is 8.31. The lowest BCUT2D eigenvalue weighted by atomic mass is 9.84. The molecule has 2 aliphatic heterocycles. The number of nitrogens with zero attached hydrogens (tertiary/aromatic N) is 10. The molecule has 7 rings (SSSR count). The molecule has 12 amide bonds. The molecule has 5 aliphatic rings. The van der Waals surface area contributed by atoms with Crippen LogP contribution in [0.25, 0.3) is 0 Å². The number of alkyl halides is 3. The van der Waals surface area contributed by atoms with Gasteiger partial charge in [0.2, 0.25) is 70.9 Å². The fourth-order valence-corrected chi connectivity index (χ4v) is 15.9. The number of amides is 12. The number of hydrogen-bond donors (Lipinski definition) is 3. The first-order valence-electron chi connectivity index (χ1n) is 37.0. The SMILES string of the molecule is CC[C@H](C)[C@@H]1NC(=O)[C@H](CC(C)C)N(C)C(=O)C[C@@H](C(=O)N(C)C)N(C)C(=O)[C@H](C2CCCC2)N(C)C(=O)C2(CCCC2)NC(=O)[C@H](Cc2ccncc2)N(C)C(=O)[C@H](CCc2ccc(C(F)(F)F)c(Cl)c2)NC(=O)CN(C)C(=O)[C@H](CC2CCCCC2)N(C)C(=O)C2CCN2C(=O)[C@H](C)N(C)C1=O. The smallest absolute Gasteiger partial charge is 0.347 e. The number of nitrogens with one attached hydrogen (secondary N) is 3. The molecule has 576 valence electrons. The number of halogens is 4. The summed E-state index contributed by atoms with van der Waals surface area (Å²) in [4.78, 5) is 197. The third-order valence-corrected chi connectivity index (χ3v) is 22.9. The summed E-state index contributed by atoms with van der Waals surface area (Å²) in [6, 6.07) is -5.07. The number of carbonyl (C=O) groups excluding carboxylic acids is 12. The van der Waals surface area contributed by atoms with Crippen LogP contribution in [0.5, 0.6) is 0 Å². The molecule has 5 fully saturated rings. The highest BCUT2D eigenvalue weighted by atomic mass is 35.5. The Hall–Kier alpha value is -7.91. The normalized spacial score (nSPS) is 26.6. The van der Waals surface area contributed by atoms with E-state index in [0.29, 0.717) is 50.5 Å². The van der Waals surface area contributed by atoms with E-state index in [-0.39, 0.29) is 75.3 Å². The molecule has 29 heteroatoms. The van der Waals surface area contributed by atoms with Crippen molar-refractivity contribution < 1.29 is 70.7 Å². The fourth-order valence-electron chi connectivity index (χ4n) is 15.6. The lowest BCUT2D eigenvalue weighted by molar-refractivity contribution is -0.160. The zero-order chi connectivity index (χ0) is 77.0. The number of aryl methyl sites for hydroxylation is 1. The van der Waals surface area contributed by atoms with Gasteiger partial charge in [-0.05, 0) is 124 Å². The molecule has 3 N–H and O–H groups in total. The minimum atomic E-state index is -4.78. The Labute approximate surface area is 615 Å². The van der Waals surface area contributed by atoms with Crippen molar-refractivity contribution in [1.29, 1.82) is 0 Å². The molecular formula is C75H111ClF3N13O12. The maximum absolute atomic E-state index is 15.8. The van der Waals surface area contributed by atoms with Gasteiger partial charge in [0.1, 0.15) is 59.9 Å². The number of aromatic nitrogens is 1. The van der Waals surface area contributed by atoms with Crippen molar-refractivity contribution in [1.82, 2.24) is 65.0 Å². The van der Waals surface area contributed by atoms with Crippen LogP contribution in [0.2, 0.25) is 5.02 Å². The Balaban J connectivity index is 1.33. The van der Waals surface area contributed by atoms with Crippen molar-refractivity contribution in [2.24, 2.45) is 23.7 Å². The van der Waals surface area contributed by atoms with Crippen LogP contribution in [0, 0.1) is 23.7 Å². The van der Waals surface area contributed by atoms with Crippen LogP contribution in [0.15, 0.2) is 42.7 Å². The third-order valence-electron chi connectivity index (χ3n) is 22.6. The van der Waals surface area contributed by atoms with Gasteiger partial charge >= 0.3 is 6.18 Å². The van der Waals surface area contributed by atoms with Gasteiger partial charge in [0, 0.05) is 88.8 Å². The van der Waals surface area contributed by atoms with Crippen molar-refractivity contribution in [3.05, 3.63) is 64.4 Å². The minimum Gasteiger partial charge on any atom is -0.347 e. The summed E-state index contributed by atoms with van der Waals surface area (Å²) in [5.41, 5.74) is -1.95. The van der Waals surface area contributed by atoms with E-state index in [1.165, 1.54) is 123 Å². The van der Waals surface area contributed by atoms with E-state index in [1.54, 1.807) is 19.1 Å². The Morgan fingerprint density at radius 1 is 0.673 bits per heavy atom. The number of likely N-dealkylation sites (N-methyl/N-ethyl adjacent to an activating group) is 8. The summed E-state index contributed by atoms with van der Waals surface area (Å²) in [6.07, 6.45) is 5.89. The van der Waals surface area contributed by atoms with E-state index in [0.717, 1.165) is 54.0 Å². The number of rotatable bonds is 13. The largest absolute Gasteiger partial charge is 0.417 e. The standard InChI is InChI=1S/C75H111ClF3N13O12/c1-15-46(4)62-71(102)86(9)47(5)66(97)92-38-33-55(92)70(101)89(12)58(42-48-23-17-16-18-24-48)69(100)85(8)44-60(93)81-54(30-28-49-27-29-52(53(76)40-49)75(77,78)79)67(98)88(11)57(41-50-31-36-80-37-32-50)65(96)83-74(34-21-22-35-74)73(104)91(14)63(51-25-19-20-26-51)72(103)90(13)59(68(99)84(6)7)43-61(94)87(10)56(39-45(2)3)64(95)82-62/h27,29,31-32,36-37,40,45-48,51,54-59,62-63H,15-26,28,30,33-35,38-39,41-44H2,1-14H3,(H,81,93)(H,82,95)(H,83,96)/t46-,47-,54-,55?,56-,57-,58-,59-,62-,63-/m0/s1. The lowest BCUT2D eigenvalue weighted by Crippen LogP contribution is -2.65. The Bertz CT molecular complexity index is 3420. The highest BCUT2D eigenvalue weighted by molar-refractivity contribution is 6.31. The van der Waals surface area contributed by atoms with Gasteiger partial charge in [0.05, 0.1) is 23.6 Å². The predicted octanol–water partition coefficient (Wildman–Crippen LogP) is 6.11. The Morgan fingerprint density at radius 2 is 1.29 bits per heavy atom. The molecule has 3 aliphatic carbocycles. The minimum absolute atomic E-state index is 0.00240. The zero-order valence-corrected chi connectivity index (χ0v) is 63.9. The van der Waals surface area contributed by atoms with Gasteiger partial charge < -0.3 is 60.0 Å². The van der Waals surface area contributed by atoms with Gasteiger partial charge in [-0.1, -0.05) is 110 Å². The van der Waals surface area contributed by atoms with Crippen LogP contribution in [0.3, 0.4) is 0 Å². The maximum atomic E-state index is 15.8. The van der Waals surface area contributed by atoms with Crippen LogP contribution in [-0.2, 0) is 76.6 Å². The van der Waals surface area contributed by atoms with E-state index in [2.05, 4.69) is 20.9 Å². The first-order valence-corrected chi connectivity index (χ1v) is 37.3. The Kier molecular flexibility index (Phi) is 29.2. The molecule has 25 nitrogen and oxygen atoms in total. The van der Waals surface area contributed by atoms with Crippen molar-refractivity contribution in [2.45, 2.75) is 236 Å². The van der Waals surface area contributed by atoms with Gasteiger partial charge in [-0.3, -0.25) is 62.5 Å². The number of carbonyl (C=O) groups is 12. The molecule has 3 saturated carbocycles. The number of fused-ring (bicyclic) bond motifs is 1. The van der Waals surface area contributed by atoms with Crippen molar-refractivity contribution >= 4 is 82.5 Å². The first-order chi connectivity index (χ1) is 48.9. The molecule has 1 aromatic heterocycles. The second kappa shape index (κ2) is 36.4. The molecule has 1 unspecified atom stereocenters. The molecule has 3 heterocycles. The summed E-state index contributed by atoms with van der Waals surface area (Å²) >= 11 is 6.20. The molecule has 0 radical (unpaired) electrons. The highest BCUT2D eigenvalue weighted by Gasteiger charge is 2.52. The maximum Gasteiger partial charge on any atom is 0.417 e. The molecule has 1 aromatic carbocycles. The molecule has 0 bridgehead atoms. The molecule has 2 saturated heterocycles. The quantitative estimate of drug-likeness (QED) is 0.204. The van der Waals surface area contributed by atoms with E-state index < -0.39 is 172 Å². The summed E-state index contributed by atoms with van der Waals surface area (Å²) < 4.78 is 41.9. The zero-order valence-electron chi connectivity index (χ0n) is 63.2. The Morgan fingerprint density at radius 3 is 1.86 bits per heavy atom. The number of pyridine rings is 1. The topological polar surface area (TPSA) is 283 Å². The molecular weight excluding hydrogens is 1370 g/mol. The summed E-state index contributed by atoms with van der Waals surface area (Å²) in [7, 11) is 12.9. The van der Waals surface area contributed by atoms with Crippen LogP contribution in [0.4, 0.5) is 13.2 Å². The summed E-state index contributed by atoms with van der Waals surface area (Å²) in [5, 5.41) is 8.16. The molecule has 2 aromatic rings. The van der Waals surface area contributed by atoms with Crippen molar-refractivity contribution in [3.8, 4) is 0 Å². The van der Waals surface area contributed by atoms with Gasteiger partial charge in [-0.25, -0.2) is 0 Å². The molecule has 1 spiro atoms. The van der Waals surface area contributed by atoms with E-state index >= 15 is 24.0 Å². The van der Waals surface area contributed by atoms with Gasteiger partial charge in [-0.2, -0.15) is 13.2 Å². The monoisotopic (exact) mass is 1480 g/mol. The van der Waals surface area contributed by atoms with Gasteiger partial charge in [-0.15, -0.1) is 0 Å². The van der Waals surface area contributed by atoms with Crippen LogP contribution in [0.1, 0.15) is 173 Å². The molecule has 10 atom stereocenters. The highest BCUT2D eigenvalue weighted by Crippen LogP contribution is 2.39. The number of hydrogen-bond acceptors (Lipinski definition) is 13. The fraction of sp³-hybridized carbons (Fsp3) is 0.693. The van der Waals surface area contributed by atoms with Crippen molar-refractivity contribution in [3.63, 3.8) is 0 Å². The van der Waals surface area contributed by atoms with Gasteiger partial charge in [0.15, 0.2) is 0 Å². The first kappa shape index (κ1) is 83.4. The number of benzene rings is 1. The van der Waals surface area contributed by atoms with Crippen LogP contribution >= 0.6 is 11.6 Å². The summed E-state index contributed by atoms with van der Waals surface area (Å²) in [5.74, 6) is -9.26. The second-order valence-electron chi connectivity index (χ2n) is 30.5. The van der Waals surface area contributed by atoms with Gasteiger partial charge in [0.25, 0.3) is 0 Å². The van der Waals surface area contributed by atoms with E-state index in [9.17, 15) is 46.7 Å². The predicted molar refractivity (Wildman–Crippen MR) is 384 cm³/mol.